The summed E-state index contributed by atoms with van der Waals surface area (Å²) in [5.41, 5.74) is 2.71. The highest BCUT2D eigenvalue weighted by molar-refractivity contribution is 5.88. The number of carbonyl (C=O) groups is 2. The Hall–Kier alpha value is -2.67. The predicted molar refractivity (Wildman–Crippen MR) is 101 cm³/mol. The third-order valence-electron chi connectivity index (χ3n) is 5.47. The normalized spacial score (nSPS) is 20.3. The lowest BCUT2D eigenvalue weighted by Gasteiger charge is -2.38. The Morgan fingerprint density at radius 3 is 2.70 bits per heavy atom. The van der Waals surface area contributed by atoms with Gasteiger partial charge in [0.2, 0.25) is 11.8 Å². The van der Waals surface area contributed by atoms with E-state index >= 15 is 0 Å². The van der Waals surface area contributed by atoms with Crippen molar-refractivity contribution in [3.05, 3.63) is 53.9 Å². The van der Waals surface area contributed by atoms with Crippen molar-refractivity contribution in [2.75, 3.05) is 19.6 Å². The standard InChI is InChI=1S/C20H25N5O2/c26-19(21-7-10-24-9-3-6-23-24)14-18-20(27)22-8-11-25(18)17-12-15-4-1-2-5-16(15)13-17/h1-6,9,17-18H,7-8,10-14H2,(H,21,26)(H,22,27)/t18-/m1/s1. The van der Waals surface area contributed by atoms with Crippen LogP contribution in [-0.4, -0.2) is 58.2 Å². The third kappa shape index (κ3) is 4.03. The van der Waals surface area contributed by atoms with Gasteiger partial charge in [-0.25, -0.2) is 0 Å². The molecule has 1 aliphatic heterocycles. The maximum absolute atomic E-state index is 12.5. The Balaban J connectivity index is 1.35. The molecule has 0 bridgehead atoms. The highest BCUT2D eigenvalue weighted by Crippen LogP contribution is 2.28. The molecule has 7 heteroatoms. The molecular weight excluding hydrogens is 342 g/mol. The summed E-state index contributed by atoms with van der Waals surface area (Å²) in [6.45, 7) is 2.56. The number of hydrogen-bond acceptors (Lipinski definition) is 4. The number of amides is 2. The molecule has 2 aromatic rings. The fourth-order valence-electron chi connectivity index (χ4n) is 4.14. The predicted octanol–water partition coefficient (Wildman–Crippen LogP) is 0.357. The number of rotatable bonds is 6. The van der Waals surface area contributed by atoms with Crippen LogP contribution >= 0.6 is 0 Å². The van der Waals surface area contributed by atoms with Gasteiger partial charge in [0.15, 0.2) is 0 Å². The van der Waals surface area contributed by atoms with Crippen LogP contribution in [0.3, 0.4) is 0 Å². The molecule has 27 heavy (non-hydrogen) atoms. The Morgan fingerprint density at radius 2 is 2.00 bits per heavy atom. The van der Waals surface area contributed by atoms with Gasteiger partial charge in [-0.3, -0.25) is 19.2 Å². The molecule has 1 fully saturated rings. The zero-order valence-corrected chi connectivity index (χ0v) is 15.3. The highest BCUT2D eigenvalue weighted by Gasteiger charge is 2.37. The van der Waals surface area contributed by atoms with E-state index in [4.69, 9.17) is 0 Å². The Kier molecular flexibility index (Phi) is 5.20. The van der Waals surface area contributed by atoms with E-state index in [0.29, 0.717) is 19.6 Å². The van der Waals surface area contributed by atoms with Gasteiger partial charge in [0.05, 0.1) is 19.0 Å². The van der Waals surface area contributed by atoms with Crippen molar-refractivity contribution in [1.82, 2.24) is 25.3 Å². The minimum absolute atomic E-state index is 0.0422. The monoisotopic (exact) mass is 367 g/mol. The van der Waals surface area contributed by atoms with E-state index in [1.807, 2.05) is 12.3 Å². The molecule has 2 aliphatic rings. The van der Waals surface area contributed by atoms with Gasteiger partial charge in [-0.1, -0.05) is 24.3 Å². The minimum Gasteiger partial charge on any atom is -0.354 e. The fourth-order valence-corrected chi connectivity index (χ4v) is 4.14. The van der Waals surface area contributed by atoms with Gasteiger partial charge in [0, 0.05) is 38.1 Å². The number of nitrogens with zero attached hydrogens (tertiary/aromatic N) is 3. The Labute approximate surface area is 158 Å². The summed E-state index contributed by atoms with van der Waals surface area (Å²) in [5, 5.41) is 9.94. The first-order valence-electron chi connectivity index (χ1n) is 9.55. The van der Waals surface area contributed by atoms with Crippen LogP contribution in [0.1, 0.15) is 17.5 Å². The smallest absolute Gasteiger partial charge is 0.237 e. The van der Waals surface area contributed by atoms with Crippen molar-refractivity contribution in [2.45, 2.75) is 37.9 Å². The molecule has 1 saturated heterocycles. The molecule has 7 nitrogen and oxygen atoms in total. The maximum atomic E-state index is 12.5. The van der Waals surface area contributed by atoms with Gasteiger partial charge in [-0.05, 0) is 30.0 Å². The quantitative estimate of drug-likeness (QED) is 0.773. The molecule has 0 spiro atoms. The van der Waals surface area contributed by atoms with Crippen molar-refractivity contribution in [3.8, 4) is 0 Å². The van der Waals surface area contributed by atoms with Crippen molar-refractivity contribution in [3.63, 3.8) is 0 Å². The molecule has 0 saturated carbocycles. The van der Waals surface area contributed by atoms with Crippen LogP contribution in [0.15, 0.2) is 42.7 Å². The van der Waals surface area contributed by atoms with Gasteiger partial charge in [0.25, 0.3) is 0 Å². The number of nitrogens with one attached hydrogen (secondary N) is 2. The van der Waals surface area contributed by atoms with Crippen molar-refractivity contribution < 1.29 is 9.59 Å². The fraction of sp³-hybridized carbons (Fsp3) is 0.450. The van der Waals surface area contributed by atoms with E-state index in [1.54, 1.807) is 10.9 Å². The van der Waals surface area contributed by atoms with E-state index < -0.39 is 6.04 Å². The summed E-state index contributed by atoms with van der Waals surface area (Å²) in [6.07, 6.45) is 5.66. The van der Waals surface area contributed by atoms with Crippen LogP contribution in [0.4, 0.5) is 0 Å². The molecule has 2 N–H and O–H groups in total. The van der Waals surface area contributed by atoms with Crippen LogP contribution in [0, 0.1) is 0 Å². The van der Waals surface area contributed by atoms with E-state index in [9.17, 15) is 9.59 Å². The Morgan fingerprint density at radius 1 is 1.22 bits per heavy atom. The summed E-state index contributed by atoms with van der Waals surface area (Å²) in [5.74, 6) is -0.135. The van der Waals surface area contributed by atoms with E-state index in [2.05, 4.69) is 44.9 Å². The van der Waals surface area contributed by atoms with Crippen LogP contribution in [0.5, 0.6) is 0 Å². The zero-order chi connectivity index (χ0) is 18.6. The van der Waals surface area contributed by atoms with E-state index in [0.717, 1.165) is 19.4 Å². The molecule has 1 aliphatic carbocycles. The number of hydrogen-bond donors (Lipinski definition) is 2. The van der Waals surface area contributed by atoms with Crippen LogP contribution in [0.25, 0.3) is 0 Å². The molecule has 4 rings (SSSR count). The lowest BCUT2D eigenvalue weighted by Crippen LogP contribution is -2.59. The van der Waals surface area contributed by atoms with Crippen molar-refractivity contribution in [2.24, 2.45) is 0 Å². The van der Waals surface area contributed by atoms with Crippen LogP contribution < -0.4 is 10.6 Å². The summed E-state index contributed by atoms with van der Waals surface area (Å²) in [7, 11) is 0. The Bertz CT molecular complexity index is 779. The zero-order valence-electron chi connectivity index (χ0n) is 15.3. The second kappa shape index (κ2) is 7.92. The maximum Gasteiger partial charge on any atom is 0.237 e. The van der Waals surface area contributed by atoms with Gasteiger partial charge in [-0.15, -0.1) is 0 Å². The average molecular weight is 367 g/mol. The molecule has 1 atom stereocenters. The molecule has 1 aromatic carbocycles. The van der Waals surface area contributed by atoms with Crippen LogP contribution in [-0.2, 0) is 29.0 Å². The summed E-state index contributed by atoms with van der Waals surface area (Å²) in [4.78, 5) is 27.1. The molecule has 0 unspecified atom stereocenters. The molecule has 2 amide bonds. The minimum atomic E-state index is -0.400. The SMILES string of the molecule is O=C(C[C@@H]1C(=O)NCCN1C1Cc2ccccc2C1)NCCn1cccn1. The molecule has 1 aromatic heterocycles. The van der Waals surface area contributed by atoms with Gasteiger partial charge >= 0.3 is 0 Å². The number of aromatic nitrogens is 2. The molecule has 142 valence electrons. The second-order valence-corrected chi connectivity index (χ2v) is 7.20. The first-order valence-corrected chi connectivity index (χ1v) is 9.55. The van der Waals surface area contributed by atoms with Gasteiger partial charge in [-0.2, -0.15) is 5.10 Å². The first kappa shape index (κ1) is 17.7. The topological polar surface area (TPSA) is 79.3 Å². The first-order chi connectivity index (χ1) is 13.2. The van der Waals surface area contributed by atoms with E-state index in [-0.39, 0.29) is 24.3 Å². The van der Waals surface area contributed by atoms with Crippen molar-refractivity contribution in [1.29, 1.82) is 0 Å². The molecular formula is C20H25N5O2. The summed E-state index contributed by atoms with van der Waals surface area (Å²) in [6, 6.07) is 10.2. The van der Waals surface area contributed by atoms with Crippen LogP contribution in [0.2, 0.25) is 0 Å². The third-order valence-corrected chi connectivity index (χ3v) is 5.47. The largest absolute Gasteiger partial charge is 0.354 e. The van der Waals surface area contributed by atoms with E-state index in [1.165, 1.54) is 11.1 Å². The molecule has 2 heterocycles. The van der Waals surface area contributed by atoms with Gasteiger partial charge < -0.3 is 10.6 Å². The number of fused-ring (bicyclic) bond motifs is 1. The lowest BCUT2D eigenvalue weighted by molar-refractivity contribution is -0.135. The second-order valence-electron chi connectivity index (χ2n) is 7.20. The summed E-state index contributed by atoms with van der Waals surface area (Å²) >= 11 is 0. The molecule has 0 radical (unpaired) electrons. The van der Waals surface area contributed by atoms with Crippen molar-refractivity contribution >= 4 is 11.8 Å². The number of benzene rings is 1. The summed E-state index contributed by atoms with van der Waals surface area (Å²) < 4.78 is 1.77. The number of piperazine rings is 1. The number of carbonyl (C=O) groups excluding carboxylic acids is 2. The van der Waals surface area contributed by atoms with Gasteiger partial charge in [0.1, 0.15) is 0 Å². The lowest BCUT2D eigenvalue weighted by atomic mass is 10.0. The highest BCUT2D eigenvalue weighted by atomic mass is 16.2. The average Bonchev–Trinajstić information content (AvgIpc) is 3.32.